The van der Waals surface area contributed by atoms with Crippen molar-refractivity contribution in [2.75, 3.05) is 18.1 Å². The molecule has 0 aliphatic heterocycles. The Labute approximate surface area is 121 Å². The van der Waals surface area contributed by atoms with Gasteiger partial charge in [-0.2, -0.15) is 9.65 Å². The summed E-state index contributed by atoms with van der Waals surface area (Å²) in [6, 6.07) is 3.10. The van der Waals surface area contributed by atoms with Crippen molar-refractivity contribution in [1.82, 2.24) is 0 Å². The molecule has 7 nitrogen and oxygen atoms in total. The number of ether oxygens (including phenoxy) is 1. The fourth-order valence-corrected chi connectivity index (χ4v) is 1.58. The molecule has 1 aromatic carbocycles. The Morgan fingerprint density at radius 3 is 2.76 bits per heavy atom. The Morgan fingerprint density at radius 1 is 1.57 bits per heavy atom. The second kappa shape index (κ2) is 7.52. The third-order valence-electron chi connectivity index (χ3n) is 2.57. The smallest absolute Gasteiger partial charge is 0.306 e. The lowest BCUT2D eigenvalue weighted by molar-refractivity contribution is -0.387. The average Bonchev–Trinajstić information content (AvgIpc) is 2.43. The minimum atomic E-state index is -0.981. The average molecular weight is 297 g/mol. The second-order valence-corrected chi connectivity index (χ2v) is 4.64. The SMILES string of the molecule is CC(C)OCC(O)CN(C#N)c1ccc(F)c([N+](=O)[O-])c1. The van der Waals surface area contributed by atoms with E-state index >= 15 is 0 Å². The molecule has 1 aromatic rings. The van der Waals surface area contributed by atoms with Gasteiger partial charge in [-0.15, -0.1) is 0 Å². The Kier molecular flexibility index (Phi) is 6.02. The summed E-state index contributed by atoms with van der Waals surface area (Å²) in [4.78, 5) is 10.9. The van der Waals surface area contributed by atoms with E-state index < -0.39 is 22.5 Å². The van der Waals surface area contributed by atoms with Crippen LogP contribution in [0.5, 0.6) is 0 Å². The van der Waals surface area contributed by atoms with Gasteiger partial charge in [0.05, 0.1) is 36.0 Å². The molecule has 0 amide bonds. The summed E-state index contributed by atoms with van der Waals surface area (Å²) < 4.78 is 18.5. The van der Waals surface area contributed by atoms with Gasteiger partial charge in [-0.05, 0) is 26.0 Å². The van der Waals surface area contributed by atoms with Crippen molar-refractivity contribution < 1.29 is 19.2 Å². The number of rotatable bonds is 7. The maximum Gasteiger partial charge on any atom is 0.306 e. The van der Waals surface area contributed by atoms with Crippen molar-refractivity contribution in [2.24, 2.45) is 0 Å². The number of nitrogens with zero attached hydrogens (tertiary/aromatic N) is 3. The number of hydrogen-bond acceptors (Lipinski definition) is 6. The minimum absolute atomic E-state index is 0.0269. The van der Waals surface area contributed by atoms with Crippen molar-refractivity contribution in [3.05, 3.63) is 34.1 Å². The Hall–Kier alpha value is -2.24. The summed E-state index contributed by atoms with van der Waals surface area (Å²) in [7, 11) is 0. The van der Waals surface area contributed by atoms with Crippen LogP contribution in [0.2, 0.25) is 0 Å². The molecule has 0 aliphatic carbocycles. The molecule has 1 N–H and O–H groups in total. The van der Waals surface area contributed by atoms with Gasteiger partial charge in [0.15, 0.2) is 6.19 Å². The van der Waals surface area contributed by atoms with Crippen LogP contribution in [-0.4, -0.2) is 35.4 Å². The molecule has 1 unspecified atom stereocenters. The molecule has 1 atom stereocenters. The number of nitriles is 1. The van der Waals surface area contributed by atoms with Crippen LogP contribution in [-0.2, 0) is 4.74 Å². The molecule has 1 rings (SSSR count). The zero-order valence-corrected chi connectivity index (χ0v) is 11.7. The lowest BCUT2D eigenvalue weighted by Crippen LogP contribution is -2.32. The van der Waals surface area contributed by atoms with Crippen molar-refractivity contribution in [2.45, 2.75) is 26.1 Å². The van der Waals surface area contributed by atoms with Gasteiger partial charge in [0.25, 0.3) is 0 Å². The number of aliphatic hydroxyl groups is 1. The van der Waals surface area contributed by atoms with Gasteiger partial charge >= 0.3 is 5.69 Å². The van der Waals surface area contributed by atoms with Gasteiger partial charge in [0.1, 0.15) is 0 Å². The molecule has 0 saturated heterocycles. The van der Waals surface area contributed by atoms with E-state index in [4.69, 9.17) is 10.00 Å². The maximum absolute atomic E-state index is 13.2. The first-order valence-electron chi connectivity index (χ1n) is 6.26. The summed E-state index contributed by atoms with van der Waals surface area (Å²) in [5, 5.41) is 29.5. The van der Waals surface area contributed by atoms with Crippen LogP contribution in [0.4, 0.5) is 15.8 Å². The summed E-state index contributed by atoms with van der Waals surface area (Å²) in [5.74, 6) is -0.981. The van der Waals surface area contributed by atoms with Gasteiger partial charge < -0.3 is 9.84 Å². The zero-order valence-electron chi connectivity index (χ0n) is 11.7. The quantitative estimate of drug-likeness (QED) is 0.356. The van der Waals surface area contributed by atoms with E-state index in [0.29, 0.717) is 0 Å². The van der Waals surface area contributed by atoms with Crippen LogP contribution >= 0.6 is 0 Å². The highest BCUT2D eigenvalue weighted by Gasteiger charge is 2.19. The number of nitro benzene ring substituents is 1. The van der Waals surface area contributed by atoms with Gasteiger partial charge in [0.2, 0.25) is 5.82 Å². The molecule has 0 fully saturated rings. The van der Waals surface area contributed by atoms with E-state index in [-0.39, 0.29) is 24.9 Å². The third-order valence-corrected chi connectivity index (χ3v) is 2.57. The first-order chi connectivity index (χ1) is 9.85. The predicted octanol–water partition coefficient (Wildman–Crippen LogP) is 1.81. The molecule has 0 saturated carbocycles. The van der Waals surface area contributed by atoms with Crippen LogP contribution in [0, 0.1) is 27.4 Å². The van der Waals surface area contributed by atoms with Crippen molar-refractivity contribution in [3.63, 3.8) is 0 Å². The molecule has 8 heteroatoms. The summed E-state index contributed by atoms with van der Waals surface area (Å²) >= 11 is 0. The van der Waals surface area contributed by atoms with Crippen molar-refractivity contribution in [1.29, 1.82) is 5.26 Å². The van der Waals surface area contributed by atoms with E-state index in [0.717, 1.165) is 17.0 Å². The first kappa shape index (κ1) is 16.8. The number of anilines is 1. The van der Waals surface area contributed by atoms with Crippen LogP contribution in [0.25, 0.3) is 0 Å². The van der Waals surface area contributed by atoms with E-state index in [1.807, 2.05) is 0 Å². The highest BCUT2D eigenvalue weighted by Crippen LogP contribution is 2.24. The molecular formula is C13H16FN3O4. The van der Waals surface area contributed by atoms with E-state index in [2.05, 4.69) is 0 Å². The number of hydrogen-bond donors (Lipinski definition) is 1. The standard InChI is InChI=1S/C13H16FN3O4/c1-9(2)21-7-11(18)6-16(8-15)10-3-4-12(14)13(5-10)17(19)20/h3-5,9,11,18H,6-7H2,1-2H3. The van der Waals surface area contributed by atoms with Crippen LogP contribution in [0.1, 0.15) is 13.8 Å². The lowest BCUT2D eigenvalue weighted by atomic mass is 10.2. The van der Waals surface area contributed by atoms with E-state index in [9.17, 15) is 19.6 Å². The van der Waals surface area contributed by atoms with Gasteiger partial charge in [-0.25, -0.2) is 0 Å². The van der Waals surface area contributed by atoms with Crippen LogP contribution in [0.3, 0.4) is 0 Å². The van der Waals surface area contributed by atoms with Gasteiger partial charge in [0, 0.05) is 6.07 Å². The normalized spacial score (nSPS) is 12.0. The third kappa shape index (κ3) is 4.98. The Morgan fingerprint density at radius 2 is 2.24 bits per heavy atom. The van der Waals surface area contributed by atoms with Crippen LogP contribution < -0.4 is 4.90 Å². The number of benzene rings is 1. The minimum Gasteiger partial charge on any atom is -0.389 e. The van der Waals surface area contributed by atoms with Gasteiger partial charge in [-0.3, -0.25) is 15.0 Å². The van der Waals surface area contributed by atoms with Crippen molar-refractivity contribution in [3.8, 4) is 6.19 Å². The van der Waals surface area contributed by atoms with Gasteiger partial charge in [-0.1, -0.05) is 0 Å². The number of halogens is 1. The summed E-state index contributed by atoms with van der Waals surface area (Å²) in [6.07, 6.45) is 0.780. The topological polar surface area (TPSA) is 99.6 Å². The lowest BCUT2D eigenvalue weighted by Gasteiger charge is -2.20. The summed E-state index contributed by atoms with van der Waals surface area (Å²) in [5.41, 5.74) is -0.588. The van der Waals surface area contributed by atoms with E-state index in [1.54, 1.807) is 20.0 Å². The maximum atomic E-state index is 13.2. The highest BCUT2D eigenvalue weighted by molar-refractivity contribution is 5.56. The van der Waals surface area contributed by atoms with Crippen molar-refractivity contribution >= 4 is 11.4 Å². The largest absolute Gasteiger partial charge is 0.389 e. The Balaban J connectivity index is 2.83. The zero-order chi connectivity index (χ0) is 16.0. The molecular weight excluding hydrogens is 281 g/mol. The van der Waals surface area contributed by atoms with E-state index in [1.165, 1.54) is 6.07 Å². The molecule has 0 aromatic heterocycles. The highest BCUT2D eigenvalue weighted by atomic mass is 19.1. The monoisotopic (exact) mass is 297 g/mol. The molecule has 21 heavy (non-hydrogen) atoms. The number of aliphatic hydroxyl groups excluding tert-OH is 1. The molecule has 0 aliphatic rings. The first-order valence-corrected chi connectivity index (χ1v) is 6.26. The molecule has 114 valence electrons. The predicted molar refractivity (Wildman–Crippen MR) is 73.1 cm³/mol. The molecule has 0 spiro atoms. The molecule has 0 heterocycles. The second-order valence-electron chi connectivity index (χ2n) is 4.64. The fraction of sp³-hybridized carbons (Fsp3) is 0.462. The molecule has 0 bridgehead atoms. The molecule has 0 radical (unpaired) electrons. The Bertz CT molecular complexity index is 545. The summed E-state index contributed by atoms with van der Waals surface area (Å²) in [6.45, 7) is 3.53. The number of nitro groups is 1. The van der Waals surface area contributed by atoms with Crippen LogP contribution in [0.15, 0.2) is 18.2 Å². The fourth-order valence-electron chi connectivity index (χ4n) is 1.58.